The van der Waals surface area contributed by atoms with Crippen molar-refractivity contribution in [1.82, 2.24) is 5.32 Å². The number of unbranched alkanes of at least 4 members (excludes halogenated alkanes) is 59. The Morgan fingerprint density at radius 2 is 0.519 bits per heavy atom. The third-order valence-corrected chi connectivity index (χ3v) is 17.7. The highest BCUT2D eigenvalue weighted by molar-refractivity contribution is 5.76. The Kier molecular flexibility index (Phi) is 68.4. The van der Waals surface area contributed by atoms with Gasteiger partial charge in [-0.3, -0.25) is 9.59 Å². The molecule has 0 saturated carbocycles. The van der Waals surface area contributed by atoms with Gasteiger partial charge in [0.15, 0.2) is 0 Å². The molecule has 0 saturated heterocycles. The van der Waals surface area contributed by atoms with Crippen LogP contribution in [-0.2, 0) is 14.3 Å². The van der Waals surface area contributed by atoms with Gasteiger partial charge in [0, 0.05) is 12.8 Å². The zero-order valence-electron chi connectivity index (χ0n) is 54.2. The van der Waals surface area contributed by atoms with Gasteiger partial charge in [0.25, 0.3) is 0 Å². The van der Waals surface area contributed by atoms with Crippen molar-refractivity contribution in [2.45, 2.75) is 443 Å². The molecule has 2 atom stereocenters. The summed E-state index contributed by atoms with van der Waals surface area (Å²) < 4.78 is 5.50. The fourth-order valence-electron chi connectivity index (χ4n) is 12.1. The molecule has 0 radical (unpaired) electrons. The lowest BCUT2D eigenvalue weighted by molar-refractivity contribution is -0.143. The number of amides is 1. The van der Waals surface area contributed by atoms with E-state index in [0.29, 0.717) is 25.9 Å². The van der Waals surface area contributed by atoms with E-state index in [9.17, 15) is 19.8 Å². The van der Waals surface area contributed by atoms with Gasteiger partial charge >= 0.3 is 5.97 Å². The molecule has 3 N–H and O–H groups in total. The molecule has 2 unspecified atom stereocenters. The molecule has 0 fully saturated rings. The van der Waals surface area contributed by atoms with Crippen LogP contribution >= 0.6 is 0 Å². The summed E-state index contributed by atoms with van der Waals surface area (Å²) in [7, 11) is 0. The molecule has 0 aromatic rings. The van der Waals surface area contributed by atoms with E-state index in [0.717, 1.165) is 38.5 Å². The molecule has 0 bridgehead atoms. The number of rotatable bonds is 70. The molecule has 0 aromatic carbocycles. The van der Waals surface area contributed by atoms with Gasteiger partial charge in [0.2, 0.25) is 5.91 Å². The van der Waals surface area contributed by atoms with Crippen molar-refractivity contribution in [3.63, 3.8) is 0 Å². The van der Waals surface area contributed by atoms with E-state index in [-0.39, 0.29) is 18.5 Å². The molecule has 79 heavy (non-hydrogen) atoms. The van der Waals surface area contributed by atoms with Gasteiger partial charge < -0.3 is 20.3 Å². The highest BCUT2D eigenvalue weighted by Gasteiger charge is 2.20. The summed E-state index contributed by atoms with van der Waals surface area (Å²) in [4.78, 5) is 24.6. The number of esters is 1. The Balaban J connectivity index is 3.30. The van der Waals surface area contributed by atoms with E-state index < -0.39 is 12.1 Å². The van der Waals surface area contributed by atoms with Crippen molar-refractivity contribution in [2.24, 2.45) is 0 Å². The fraction of sp³-hybridized carbons (Fsp3) is 0.973. The minimum absolute atomic E-state index is 0.0249. The average molecular weight is 1120 g/mol. The van der Waals surface area contributed by atoms with Crippen molar-refractivity contribution in [3.8, 4) is 0 Å². The standard InChI is InChI=1S/C73H145NO5/c1-3-5-7-9-11-13-15-17-19-38-41-45-49-53-57-61-65-71(76)70(69-75)74-72(77)66-62-58-54-50-46-42-39-35-33-31-29-27-25-23-21-20-22-24-26-28-30-32-34-36-40-44-48-52-56-60-64-68-79-73(78)67-63-59-55-51-47-43-37-18-16-14-12-10-8-6-4-2/h70-71,75-76H,3-69H2,1-2H3,(H,74,77). The zero-order chi connectivity index (χ0) is 57.1. The Morgan fingerprint density at radius 1 is 0.304 bits per heavy atom. The van der Waals surface area contributed by atoms with Gasteiger partial charge in [-0.25, -0.2) is 0 Å². The van der Waals surface area contributed by atoms with Crippen LogP contribution in [0.2, 0.25) is 0 Å². The summed E-state index contributed by atoms with van der Waals surface area (Å²) in [6, 6.07) is -0.537. The Labute approximate surface area is 496 Å². The summed E-state index contributed by atoms with van der Waals surface area (Å²) >= 11 is 0. The molecule has 6 heteroatoms. The number of hydrogen-bond donors (Lipinski definition) is 3. The number of ether oxygens (including phenoxy) is 1. The number of hydrogen-bond acceptors (Lipinski definition) is 5. The number of aliphatic hydroxyl groups excluding tert-OH is 2. The molecule has 0 aromatic heterocycles. The van der Waals surface area contributed by atoms with Gasteiger partial charge in [0.1, 0.15) is 0 Å². The summed E-state index contributed by atoms with van der Waals surface area (Å²) in [5.74, 6) is -0.00152. The maximum absolute atomic E-state index is 12.5. The molecule has 0 heterocycles. The van der Waals surface area contributed by atoms with Crippen molar-refractivity contribution in [2.75, 3.05) is 13.2 Å². The van der Waals surface area contributed by atoms with Gasteiger partial charge in [-0.1, -0.05) is 393 Å². The number of nitrogens with one attached hydrogen (secondary N) is 1. The van der Waals surface area contributed by atoms with Crippen molar-refractivity contribution < 1.29 is 24.5 Å². The first kappa shape index (κ1) is 77.9. The number of carbonyl (C=O) groups excluding carboxylic acids is 2. The Morgan fingerprint density at radius 3 is 0.772 bits per heavy atom. The molecule has 0 aliphatic heterocycles. The van der Waals surface area contributed by atoms with Crippen molar-refractivity contribution in [3.05, 3.63) is 0 Å². The van der Waals surface area contributed by atoms with E-state index in [2.05, 4.69) is 19.2 Å². The fourth-order valence-corrected chi connectivity index (χ4v) is 12.1. The first-order chi connectivity index (χ1) is 39.0. The largest absolute Gasteiger partial charge is 0.466 e. The van der Waals surface area contributed by atoms with E-state index >= 15 is 0 Å². The molecule has 1 amide bonds. The normalized spacial score (nSPS) is 12.4. The first-order valence-corrected chi connectivity index (χ1v) is 36.8. The molecule has 0 rings (SSSR count). The minimum atomic E-state index is -0.660. The molecule has 472 valence electrons. The predicted octanol–water partition coefficient (Wildman–Crippen LogP) is 23.8. The maximum Gasteiger partial charge on any atom is 0.305 e. The molecule has 0 spiro atoms. The molecular weight excluding hydrogens is 971 g/mol. The monoisotopic (exact) mass is 1120 g/mol. The third-order valence-electron chi connectivity index (χ3n) is 17.7. The first-order valence-electron chi connectivity index (χ1n) is 36.8. The molecular formula is C73H145NO5. The molecule has 6 nitrogen and oxygen atoms in total. The van der Waals surface area contributed by atoms with Gasteiger partial charge in [0.05, 0.1) is 25.4 Å². The lowest BCUT2D eigenvalue weighted by Crippen LogP contribution is -2.45. The van der Waals surface area contributed by atoms with Crippen LogP contribution in [0.3, 0.4) is 0 Å². The van der Waals surface area contributed by atoms with Crippen LogP contribution < -0.4 is 5.32 Å². The number of aliphatic hydroxyl groups is 2. The summed E-state index contributed by atoms with van der Waals surface area (Å²) in [5.41, 5.74) is 0. The second-order valence-electron chi connectivity index (χ2n) is 25.6. The Hall–Kier alpha value is -1.14. The van der Waals surface area contributed by atoms with Crippen LogP contribution in [0.4, 0.5) is 0 Å². The summed E-state index contributed by atoms with van der Waals surface area (Å²) in [6.07, 6.45) is 84.6. The average Bonchev–Trinajstić information content (AvgIpc) is 3.45. The second-order valence-corrected chi connectivity index (χ2v) is 25.6. The van der Waals surface area contributed by atoms with E-state index in [1.807, 2.05) is 0 Å². The smallest absolute Gasteiger partial charge is 0.305 e. The minimum Gasteiger partial charge on any atom is -0.466 e. The van der Waals surface area contributed by atoms with Crippen molar-refractivity contribution >= 4 is 11.9 Å². The lowest BCUT2D eigenvalue weighted by atomic mass is 10.0. The number of carbonyl (C=O) groups is 2. The van der Waals surface area contributed by atoms with E-state index in [1.165, 1.54) is 360 Å². The second kappa shape index (κ2) is 69.4. The molecule has 0 aliphatic rings. The predicted molar refractivity (Wildman–Crippen MR) is 347 cm³/mol. The van der Waals surface area contributed by atoms with E-state index in [4.69, 9.17) is 4.74 Å². The molecule has 0 aliphatic carbocycles. The van der Waals surface area contributed by atoms with Crippen LogP contribution in [0.25, 0.3) is 0 Å². The maximum atomic E-state index is 12.5. The zero-order valence-corrected chi connectivity index (χ0v) is 54.2. The summed E-state index contributed by atoms with van der Waals surface area (Å²) in [5, 5.41) is 23.4. The topological polar surface area (TPSA) is 95.9 Å². The van der Waals surface area contributed by atoms with Crippen LogP contribution in [0.15, 0.2) is 0 Å². The van der Waals surface area contributed by atoms with Gasteiger partial charge in [-0.05, 0) is 25.7 Å². The quantitative estimate of drug-likeness (QED) is 0.0417. The van der Waals surface area contributed by atoms with Gasteiger partial charge in [-0.2, -0.15) is 0 Å². The Bertz CT molecular complexity index is 1150. The SMILES string of the molecule is CCCCCCCCCCCCCCCCCCC(O)C(CO)NC(=O)CCCCCCCCCCCCCCCCCCCCCCCCCCCCCCCCCOC(=O)CCCCCCCCCCCCCCCCC. The van der Waals surface area contributed by atoms with Crippen molar-refractivity contribution in [1.29, 1.82) is 0 Å². The van der Waals surface area contributed by atoms with Crippen LogP contribution in [-0.4, -0.2) is 47.4 Å². The van der Waals surface area contributed by atoms with E-state index in [1.54, 1.807) is 0 Å². The highest BCUT2D eigenvalue weighted by Crippen LogP contribution is 2.20. The van der Waals surface area contributed by atoms with Crippen LogP contribution in [0.5, 0.6) is 0 Å². The highest BCUT2D eigenvalue weighted by atomic mass is 16.5. The van der Waals surface area contributed by atoms with Crippen LogP contribution in [0.1, 0.15) is 431 Å². The van der Waals surface area contributed by atoms with Gasteiger partial charge in [-0.15, -0.1) is 0 Å². The lowest BCUT2D eigenvalue weighted by Gasteiger charge is -2.22. The van der Waals surface area contributed by atoms with Crippen LogP contribution in [0, 0.1) is 0 Å². The third kappa shape index (κ3) is 65.9. The summed E-state index contributed by atoms with van der Waals surface area (Å²) in [6.45, 7) is 5.01.